The Morgan fingerprint density at radius 3 is 2.71 bits per heavy atom. The van der Waals surface area contributed by atoms with E-state index in [-0.39, 0.29) is 24.4 Å². The highest BCUT2D eigenvalue weighted by Crippen LogP contribution is 2.23. The van der Waals surface area contributed by atoms with Gasteiger partial charge >= 0.3 is 0 Å². The maximum atomic E-state index is 11.7. The Morgan fingerprint density at radius 2 is 2.18 bits per heavy atom. The number of nitrogens with one attached hydrogen (secondary N) is 2. The van der Waals surface area contributed by atoms with E-state index in [0.717, 1.165) is 4.47 Å². The van der Waals surface area contributed by atoms with Crippen molar-refractivity contribution >= 4 is 45.8 Å². The van der Waals surface area contributed by atoms with Gasteiger partial charge in [-0.05, 0) is 48.1 Å². The van der Waals surface area contributed by atoms with Crippen molar-refractivity contribution in [3.05, 3.63) is 33.3 Å². The zero-order valence-corrected chi connectivity index (χ0v) is 12.7. The summed E-state index contributed by atoms with van der Waals surface area (Å²) in [6, 6.07) is 5.36. The predicted octanol–water partition coefficient (Wildman–Crippen LogP) is 2.86. The van der Waals surface area contributed by atoms with Gasteiger partial charge in [-0.3, -0.25) is 4.79 Å². The SMILES string of the molecule is CNC(C)CNC(=O)c1ccc(Cl)c(Br)c1.Cl. The van der Waals surface area contributed by atoms with E-state index >= 15 is 0 Å². The van der Waals surface area contributed by atoms with Gasteiger partial charge in [0.25, 0.3) is 5.91 Å². The van der Waals surface area contributed by atoms with Gasteiger partial charge in [-0.15, -0.1) is 12.4 Å². The molecule has 0 aliphatic carbocycles. The van der Waals surface area contributed by atoms with Gasteiger partial charge in [0.05, 0.1) is 5.02 Å². The van der Waals surface area contributed by atoms with E-state index in [0.29, 0.717) is 17.1 Å². The van der Waals surface area contributed by atoms with Gasteiger partial charge in [-0.1, -0.05) is 11.6 Å². The van der Waals surface area contributed by atoms with Crippen molar-refractivity contribution in [3.63, 3.8) is 0 Å². The molecule has 0 saturated carbocycles. The Bertz CT molecular complexity index is 388. The van der Waals surface area contributed by atoms with Crippen LogP contribution in [0.4, 0.5) is 0 Å². The Morgan fingerprint density at radius 1 is 1.53 bits per heavy atom. The van der Waals surface area contributed by atoms with E-state index < -0.39 is 0 Å². The van der Waals surface area contributed by atoms with E-state index in [1.807, 2.05) is 14.0 Å². The van der Waals surface area contributed by atoms with Crippen molar-refractivity contribution in [2.75, 3.05) is 13.6 Å². The van der Waals surface area contributed by atoms with Crippen molar-refractivity contribution in [2.24, 2.45) is 0 Å². The molecule has 1 rings (SSSR count). The van der Waals surface area contributed by atoms with Crippen LogP contribution in [0.15, 0.2) is 22.7 Å². The van der Waals surface area contributed by atoms with Crippen LogP contribution in [-0.2, 0) is 0 Å². The summed E-state index contributed by atoms with van der Waals surface area (Å²) in [4.78, 5) is 11.7. The molecule has 1 unspecified atom stereocenters. The first kappa shape index (κ1) is 16.7. The molecule has 0 heterocycles. The largest absolute Gasteiger partial charge is 0.350 e. The topological polar surface area (TPSA) is 41.1 Å². The first-order valence-corrected chi connectivity index (χ1v) is 6.12. The van der Waals surface area contributed by atoms with Gasteiger partial charge < -0.3 is 10.6 Å². The average molecular weight is 342 g/mol. The summed E-state index contributed by atoms with van der Waals surface area (Å²) >= 11 is 9.13. The highest BCUT2D eigenvalue weighted by molar-refractivity contribution is 9.10. The fourth-order valence-corrected chi connectivity index (χ4v) is 1.58. The van der Waals surface area contributed by atoms with Crippen LogP contribution in [0, 0.1) is 0 Å². The molecule has 0 aliphatic heterocycles. The molecule has 0 saturated heterocycles. The molecular weight excluding hydrogens is 327 g/mol. The molecule has 0 fully saturated rings. The first-order valence-electron chi connectivity index (χ1n) is 4.95. The highest BCUT2D eigenvalue weighted by atomic mass is 79.9. The minimum Gasteiger partial charge on any atom is -0.350 e. The predicted molar refractivity (Wildman–Crippen MR) is 77.3 cm³/mol. The van der Waals surface area contributed by atoms with Crippen LogP contribution in [0.3, 0.4) is 0 Å². The van der Waals surface area contributed by atoms with Crippen LogP contribution in [0.1, 0.15) is 17.3 Å². The molecule has 1 aromatic rings. The monoisotopic (exact) mass is 340 g/mol. The number of amides is 1. The van der Waals surface area contributed by atoms with Crippen LogP contribution >= 0.6 is 39.9 Å². The maximum absolute atomic E-state index is 11.7. The molecule has 0 spiro atoms. The zero-order chi connectivity index (χ0) is 12.1. The Labute approximate surface area is 121 Å². The second-order valence-corrected chi connectivity index (χ2v) is 4.79. The first-order chi connectivity index (χ1) is 7.54. The molecule has 1 atom stereocenters. The summed E-state index contributed by atoms with van der Waals surface area (Å²) in [5.41, 5.74) is 0.597. The molecule has 0 aliphatic rings. The van der Waals surface area contributed by atoms with Crippen LogP contribution in [-0.4, -0.2) is 25.5 Å². The molecule has 17 heavy (non-hydrogen) atoms. The van der Waals surface area contributed by atoms with Crippen molar-refractivity contribution in [2.45, 2.75) is 13.0 Å². The lowest BCUT2D eigenvalue weighted by molar-refractivity contribution is 0.0950. The molecule has 3 nitrogen and oxygen atoms in total. The lowest BCUT2D eigenvalue weighted by Gasteiger charge is -2.11. The number of carbonyl (C=O) groups is 1. The molecule has 0 bridgehead atoms. The third-order valence-electron chi connectivity index (χ3n) is 2.24. The van der Waals surface area contributed by atoms with Gasteiger partial charge in [0.1, 0.15) is 0 Å². The van der Waals surface area contributed by atoms with E-state index in [2.05, 4.69) is 26.6 Å². The second-order valence-electron chi connectivity index (χ2n) is 3.53. The molecule has 1 aromatic carbocycles. The number of halogens is 3. The number of hydrogen-bond acceptors (Lipinski definition) is 2. The zero-order valence-electron chi connectivity index (χ0n) is 9.59. The number of rotatable bonds is 4. The Balaban J connectivity index is 0.00000256. The van der Waals surface area contributed by atoms with Crippen molar-refractivity contribution in [3.8, 4) is 0 Å². The van der Waals surface area contributed by atoms with E-state index in [1.165, 1.54) is 0 Å². The third-order valence-corrected chi connectivity index (χ3v) is 3.46. The Kier molecular flexibility index (Phi) is 7.79. The molecule has 1 amide bonds. The third kappa shape index (κ3) is 5.25. The van der Waals surface area contributed by atoms with E-state index in [4.69, 9.17) is 11.6 Å². The van der Waals surface area contributed by atoms with Crippen molar-refractivity contribution in [1.29, 1.82) is 0 Å². The fraction of sp³-hybridized carbons (Fsp3) is 0.364. The molecule has 0 aromatic heterocycles. The number of benzene rings is 1. The van der Waals surface area contributed by atoms with Crippen LogP contribution in [0.2, 0.25) is 5.02 Å². The van der Waals surface area contributed by atoms with Gasteiger partial charge in [-0.2, -0.15) is 0 Å². The summed E-state index contributed by atoms with van der Waals surface area (Å²) in [5.74, 6) is -0.0977. The normalized spacial score (nSPS) is 11.5. The number of hydrogen-bond donors (Lipinski definition) is 2. The summed E-state index contributed by atoms with van der Waals surface area (Å²) < 4.78 is 0.725. The molecule has 6 heteroatoms. The van der Waals surface area contributed by atoms with Gasteiger partial charge in [0.2, 0.25) is 0 Å². The molecule has 0 radical (unpaired) electrons. The summed E-state index contributed by atoms with van der Waals surface area (Å²) in [5, 5.41) is 6.48. The van der Waals surface area contributed by atoms with Crippen molar-refractivity contribution < 1.29 is 4.79 Å². The fourth-order valence-electron chi connectivity index (χ4n) is 1.09. The summed E-state index contributed by atoms with van der Waals surface area (Å²) in [7, 11) is 1.86. The minimum absolute atomic E-state index is 0. The lowest BCUT2D eigenvalue weighted by Crippen LogP contribution is -2.37. The smallest absolute Gasteiger partial charge is 0.251 e. The van der Waals surface area contributed by atoms with Gasteiger partial charge in [0, 0.05) is 22.6 Å². The summed E-state index contributed by atoms with van der Waals surface area (Å²) in [6.07, 6.45) is 0. The highest BCUT2D eigenvalue weighted by Gasteiger charge is 2.08. The lowest BCUT2D eigenvalue weighted by atomic mass is 10.2. The van der Waals surface area contributed by atoms with E-state index in [9.17, 15) is 4.79 Å². The number of carbonyl (C=O) groups excluding carboxylic acids is 1. The van der Waals surface area contributed by atoms with E-state index in [1.54, 1.807) is 18.2 Å². The average Bonchev–Trinajstić information content (AvgIpc) is 2.29. The standard InChI is InChI=1S/C11H14BrClN2O.ClH/c1-7(14-2)6-15-11(16)8-3-4-10(13)9(12)5-8;/h3-5,7,14H,6H2,1-2H3,(H,15,16);1H. The Hall–Kier alpha value is -0.290. The van der Waals surface area contributed by atoms with Gasteiger partial charge in [0.15, 0.2) is 0 Å². The minimum atomic E-state index is -0.0977. The van der Waals surface area contributed by atoms with Crippen molar-refractivity contribution in [1.82, 2.24) is 10.6 Å². The van der Waals surface area contributed by atoms with Crippen LogP contribution in [0.5, 0.6) is 0 Å². The maximum Gasteiger partial charge on any atom is 0.251 e. The molecule has 96 valence electrons. The number of likely N-dealkylation sites (N-methyl/N-ethyl adjacent to an activating group) is 1. The van der Waals surface area contributed by atoms with Crippen LogP contribution in [0.25, 0.3) is 0 Å². The van der Waals surface area contributed by atoms with Gasteiger partial charge in [-0.25, -0.2) is 0 Å². The second kappa shape index (κ2) is 7.93. The molecule has 2 N–H and O–H groups in total. The molecular formula is C11H15BrCl2N2O. The quantitative estimate of drug-likeness (QED) is 0.884. The van der Waals surface area contributed by atoms with Crippen LogP contribution < -0.4 is 10.6 Å². The summed E-state index contributed by atoms with van der Waals surface area (Å²) in [6.45, 7) is 2.59.